The molecule has 0 aliphatic carbocycles. The Morgan fingerprint density at radius 1 is 1.12 bits per heavy atom. The van der Waals surface area contributed by atoms with Crippen molar-refractivity contribution >= 4 is 5.97 Å². The van der Waals surface area contributed by atoms with Crippen molar-refractivity contribution in [3.63, 3.8) is 0 Å². The summed E-state index contributed by atoms with van der Waals surface area (Å²) >= 11 is 0. The van der Waals surface area contributed by atoms with E-state index >= 15 is 0 Å². The SMILES string of the molecule is COc1ccc(-c2noc(C(F)(F)F)c2COc2c(F)cc(CCC(=O)O)cc2F)cc1. The molecule has 11 heteroatoms. The van der Waals surface area contributed by atoms with Gasteiger partial charge in [0.15, 0.2) is 17.4 Å². The fourth-order valence-electron chi connectivity index (χ4n) is 2.93. The van der Waals surface area contributed by atoms with E-state index < -0.39 is 47.5 Å². The van der Waals surface area contributed by atoms with Crippen molar-refractivity contribution in [2.75, 3.05) is 7.11 Å². The molecule has 0 unspecified atom stereocenters. The monoisotopic (exact) mass is 457 g/mol. The first kappa shape index (κ1) is 23.0. The zero-order valence-electron chi connectivity index (χ0n) is 16.5. The number of hydrogen-bond donors (Lipinski definition) is 1. The van der Waals surface area contributed by atoms with Crippen LogP contribution >= 0.6 is 0 Å². The number of methoxy groups -OCH3 is 1. The van der Waals surface area contributed by atoms with Crippen molar-refractivity contribution in [3.05, 3.63) is 64.9 Å². The molecule has 0 saturated carbocycles. The summed E-state index contributed by atoms with van der Waals surface area (Å²) in [4.78, 5) is 10.6. The van der Waals surface area contributed by atoms with Crippen LogP contribution in [0.25, 0.3) is 11.3 Å². The Morgan fingerprint density at radius 3 is 2.28 bits per heavy atom. The molecule has 1 aromatic heterocycles. The van der Waals surface area contributed by atoms with Crippen molar-refractivity contribution in [2.45, 2.75) is 25.6 Å². The number of carboxylic acids is 1. The van der Waals surface area contributed by atoms with Gasteiger partial charge in [-0.15, -0.1) is 0 Å². The number of ether oxygens (including phenoxy) is 2. The predicted molar refractivity (Wildman–Crippen MR) is 100 cm³/mol. The number of rotatable bonds is 8. The normalized spacial score (nSPS) is 11.4. The molecule has 6 nitrogen and oxygen atoms in total. The van der Waals surface area contributed by atoms with Gasteiger partial charge in [-0.3, -0.25) is 4.79 Å². The molecule has 0 radical (unpaired) electrons. The van der Waals surface area contributed by atoms with Gasteiger partial charge < -0.3 is 19.1 Å². The van der Waals surface area contributed by atoms with E-state index in [-0.39, 0.29) is 29.7 Å². The molecule has 1 heterocycles. The number of carbonyl (C=O) groups is 1. The van der Waals surface area contributed by atoms with Gasteiger partial charge in [0.25, 0.3) is 0 Å². The third kappa shape index (κ3) is 5.16. The quantitative estimate of drug-likeness (QED) is 0.466. The Morgan fingerprint density at radius 2 is 1.75 bits per heavy atom. The molecule has 0 atom stereocenters. The number of hydrogen-bond acceptors (Lipinski definition) is 5. The summed E-state index contributed by atoms with van der Waals surface area (Å²) in [6.07, 6.45) is -5.40. The van der Waals surface area contributed by atoms with Crippen LogP contribution in [-0.4, -0.2) is 23.3 Å². The minimum Gasteiger partial charge on any atom is -0.497 e. The Balaban J connectivity index is 1.91. The maximum atomic E-state index is 14.3. The third-order valence-corrected chi connectivity index (χ3v) is 4.46. The molecule has 0 aliphatic rings. The summed E-state index contributed by atoms with van der Waals surface area (Å²) in [5.41, 5.74) is -0.446. The van der Waals surface area contributed by atoms with Crippen LogP contribution in [0, 0.1) is 11.6 Å². The third-order valence-electron chi connectivity index (χ3n) is 4.46. The highest BCUT2D eigenvalue weighted by molar-refractivity contribution is 5.67. The Kier molecular flexibility index (Phi) is 6.66. The van der Waals surface area contributed by atoms with Crippen molar-refractivity contribution in [3.8, 4) is 22.8 Å². The van der Waals surface area contributed by atoms with Gasteiger partial charge in [-0.05, 0) is 48.4 Å². The fourth-order valence-corrected chi connectivity index (χ4v) is 2.93. The van der Waals surface area contributed by atoms with Gasteiger partial charge in [-0.1, -0.05) is 5.16 Å². The summed E-state index contributed by atoms with van der Waals surface area (Å²) in [7, 11) is 1.42. The van der Waals surface area contributed by atoms with Crippen LogP contribution in [0.15, 0.2) is 40.9 Å². The van der Waals surface area contributed by atoms with E-state index in [1.54, 1.807) is 0 Å². The predicted octanol–water partition coefficient (Wildman–Crippen LogP) is 5.24. The zero-order chi connectivity index (χ0) is 23.5. The molecular weight excluding hydrogens is 441 g/mol. The second kappa shape index (κ2) is 9.25. The number of halogens is 5. The number of nitrogens with zero attached hydrogens (tertiary/aromatic N) is 1. The fraction of sp³-hybridized carbons (Fsp3) is 0.238. The highest BCUT2D eigenvalue weighted by atomic mass is 19.4. The molecule has 1 N–H and O–H groups in total. The molecular formula is C21H16F5NO5. The van der Waals surface area contributed by atoms with Crippen LogP contribution in [0.1, 0.15) is 23.3 Å². The van der Waals surface area contributed by atoms with Gasteiger partial charge in [0, 0.05) is 12.0 Å². The lowest BCUT2D eigenvalue weighted by Crippen LogP contribution is -2.10. The summed E-state index contributed by atoms with van der Waals surface area (Å²) in [5, 5.41) is 12.1. The molecule has 2 aromatic carbocycles. The Hall–Kier alpha value is -3.63. The molecule has 0 spiro atoms. The maximum Gasteiger partial charge on any atom is 0.452 e. The molecule has 3 aromatic rings. The van der Waals surface area contributed by atoms with Gasteiger partial charge >= 0.3 is 12.1 Å². The summed E-state index contributed by atoms with van der Waals surface area (Å²) in [6.45, 7) is -0.887. The minimum absolute atomic E-state index is 0.0645. The molecule has 0 fully saturated rings. The lowest BCUT2D eigenvalue weighted by molar-refractivity contribution is -0.156. The van der Waals surface area contributed by atoms with Gasteiger partial charge in [0.05, 0.1) is 12.7 Å². The second-order valence-corrected chi connectivity index (χ2v) is 6.64. The number of benzene rings is 2. The molecule has 170 valence electrons. The van der Waals surface area contributed by atoms with Crippen molar-refractivity contribution in [1.82, 2.24) is 5.16 Å². The van der Waals surface area contributed by atoms with E-state index in [9.17, 15) is 26.7 Å². The van der Waals surface area contributed by atoms with Gasteiger partial charge in [0.2, 0.25) is 5.76 Å². The van der Waals surface area contributed by atoms with Crippen LogP contribution in [0.2, 0.25) is 0 Å². The first-order valence-corrected chi connectivity index (χ1v) is 9.12. The average Bonchev–Trinajstić information content (AvgIpc) is 3.16. The second-order valence-electron chi connectivity index (χ2n) is 6.64. The van der Waals surface area contributed by atoms with Crippen molar-refractivity contribution < 1.29 is 45.8 Å². The van der Waals surface area contributed by atoms with Crippen molar-refractivity contribution in [1.29, 1.82) is 0 Å². The first-order chi connectivity index (χ1) is 15.1. The highest BCUT2D eigenvalue weighted by Gasteiger charge is 2.41. The molecule has 3 rings (SSSR count). The number of carboxylic acid groups (broad SMARTS) is 1. The van der Waals surface area contributed by atoms with Gasteiger partial charge in [0.1, 0.15) is 18.1 Å². The number of aromatic nitrogens is 1. The van der Waals surface area contributed by atoms with E-state index in [1.165, 1.54) is 31.4 Å². The summed E-state index contributed by atoms with van der Waals surface area (Å²) < 4.78 is 83.3. The maximum absolute atomic E-state index is 14.3. The molecule has 0 amide bonds. The highest BCUT2D eigenvalue weighted by Crippen LogP contribution is 2.38. The standard InChI is InChI=1S/C21H16F5NO5/c1-30-13-5-3-12(4-6-13)18-14(20(32-27-18)21(24,25)26)10-31-19-15(22)8-11(9-16(19)23)2-7-17(28)29/h3-6,8-9H,2,7,10H2,1H3,(H,28,29). The number of aryl methyl sites for hydroxylation is 1. The lowest BCUT2D eigenvalue weighted by atomic mass is 10.1. The molecule has 0 aliphatic heterocycles. The minimum atomic E-state index is -4.92. The van der Waals surface area contributed by atoms with Crippen LogP contribution in [0.5, 0.6) is 11.5 Å². The van der Waals surface area contributed by atoms with Crippen LogP contribution in [-0.2, 0) is 24.0 Å². The molecule has 0 bridgehead atoms. The van der Waals surface area contributed by atoms with E-state index in [0.717, 1.165) is 12.1 Å². The zero-order valence-corrected chi connectivity index (χ0v) is 16.5. The number of alkyl halides is 3. The van der Waals surface area contributed by atoms with E-state index in [4.69, 9.17) is 14.6 Å². The summed E-state index contributed by atoms with van der Waals surface area (Å²) in [5.74, 6) is -5.41. The lowest BCUT2D eigenvalue weighted by Gasteiger charge is -2.12. The molecule has 32 heavy (non-hydrogen) atoms. The van der Waals surface area contributed by atoms with Crippen molar-refractivity contribution in [2.24, 2.45) is 0 Å². The Bertz CT molecular complexity index is 1090. The average molecular weight is 457 g/mol. The largest absolute Gasteiger partial charge is 0.497 e. The Labute approximate surface area is 178 Å². The van der Waals surface area contributed by atoms with E-state index in [2.05, 4.69) is 9.68 Å². The smallest absolute Gasteiger partial charge is 0.452 e. The van der Waals surface area contributed by atoms with Crippen LogP contribution < -0.4 is 9.47 Å². The molecule has 0 saturated heterocycles. The van der Waals surface area contributed by atoms with Gasteiger partial charge in [-0.2, -0.15) is 13.2 Å². The summed E-state index contributed by atoms with van der Waals surface area (Å²) in [6, 6.07) is 7.61. The van der Waals surface area contributed by atoms with E-state index in [0.29, 0.717) is 5.75 Å². The van der Waals surface area contributed by atoms with E-state index in [1.807, 2.05) is 0 Å². The first-order valence-electron chi connectivity index (χ1n) is 9.12. The topological polar surface area (TPSA) is 81.8 Å². The van der Waals surface area contributed by atoms with Crippen LogP contribution in [0.3, 0.4) is 0 Å². The van der Waals surface area contributed by atoms with Gasteiger partial charge in [-0.25, -0.2) is 8.78 Å². The number of aliphatic carboxylic acids is 1. The van der Waals surface area contributed by atoms with Crippen LogP contribution in [0.4, 0.5) is 22.0 Å².